The van der Waals surface area contributed by atoms with Crippen molar-refractivity contribution in [2.45, 2.75) is 11.3 Å². The Balaban J connectivity index is 2.24. The van der Waals surface area contributed by atoms with Crippen LogP contribution in [0.25, 0.3) is 0 Å². The van der Waals surface area contributed by atoms with E-state index in [1.807, 2.05) is 0 Å². The van der Waals surface area contributed by atoms with Crippen molar-refractivity contribution >= 4 is 15.8 Å². The second kappa shape index (κ2) is 5.97. The molecule has 0 saturated carbocycles. The molecule has 0 aliphatic carbocycles. The molecule has 110 valence electrons. The van der Waals surface area contributed by atoms with E-state index in [-0.39, 0.29) is 11.3 Å². The van der Waals surface area contributed by atoms with E-state index in [2.05, 4.69) is 0 Å². The van der Waals surface area contributed by atoms with Gasteiger partial charge in [-0.1, -0.05) is 18.2 Å². The standard InChI is InChI=1S/C15H14O5S/c1-21(18,19)13-8-6-12(7-9-13)20-14-5-3-2-4-11(14)10-15(16)17/h2-9H,10H2,1H3,(H,16,17). The lowest BCUT2D eigenvalue weighted by molar-refractivity contribution is -0.136. The zero-order chi connectivity index (χ0) is 15.5. The number of para-hydroxylation sites is 1. The van der Waals surface area contributed by atoms with Gasteiger partial charge in [0.2, 0.25) is 0 Å². The number of sulfone groups is 1. The largest absolute Gasteiger partial charge is 0.481 e. The van der Waals surface area contributed by atoms with E-state index >= 15 is 0 Å². The third-order valence-corrected chi connectivity index (χ3v) is 3.92. The molecule has 2 rings (SSSR count). The third kappa shape index (κ3) is 4.06. The van der Waals surface area contributed by atoms with Gasteiger partial charge in [-0.15, -0.1) is 0 Å². The summed E-state index contributed by atoms with van der Waals surface area (Å²) in [6.45, 7) is 0. The predicted octanol–water partition coefficient (Wildman–Crippen LogP) is 2.51. The quantitative estimate of drug-likeness (QED) is 0.918. The number of carbonyl (C=O) groups is 1. The lowest BCUT2D eigenvalue weighted by Gasteiger charge is -2.10. The molecule has 0 atom stereocenters. The van der Waals surface area contributed by atoms with Crippen LogP contribution in [0.3, 0.4) is 0 Å². The van der Waals surface area contributed by atoms with Crippen LogP contribution in [-0.4, -0.2) is 25.7 Å². The molecule has 21 heavy (non-hydrogen) atoms. The maximum absolute atomic E-state index is 11.4. The van der Waals surface area contributed by atoms with Gasteiger partial charge in [0.15, 0.2) is 9.84 Å². The zero-order valence-electron chi connectivity index (χ0n) is 11.3. The van der Waals surface area contributed by atoms with Crippen LogP contribution in [0.4, 0.5) is 0 Å². The minimum absolute atomic E-state index is 0.141. The Bertz CT molecular complexity index is 748. The average molecular weight is 306 g/mol. The van der Waals surface area contributed by atoms with Crippen LogP contribution in [0.1, 0.15) is 5.56 Å². The molecule has 0 aliphatic rings. The van der Waals surface area contributed by atoms with E-state index in [0.717, 1.165) is 6.26 Å². The second-order valence-electron chi connectivity index (χ2n) is 4.52. The summed E-state index contributed by atoms with van der Waals surface area (Å²) in [4.78, 5) is 11.0. The van der Waals surface area contributed by atoms with Gasteiger partial charge in [0.1, 0.15) is 11.5 Å². The lowest BCUT2D eigenvalue weighted by atomic mass is 10.1. The molecule has 0 fully saturated rings. The summed E-state index contributed by atoms with van der Waals surface area (Å²) in [6.07, 6.45) is 0.989. The van der Waals surface area contributed by atoms with Crippen LogP contribution in [-0.2, 0) is 21.1 Å². The first-order valence-corrected chi connectivity index (χ1v) is 8.03. The highest BCUT2D eigenvalue weighted by molar-refractivity contribution is 7.90. The van der Waals surface area contributed by atoms with Crippen molar-refractivity contribution in [1.82, 2.24) is 0 Å². The number of carboxylic acid groups (broad SMARTS) is 1. The van der Waals surface area contributed by atoms with Crippen LogP contribution in [0.15, 0.2) is 53.4 Å². The number of hydrogen-bond donors (Lipinski definition) is 1. The molecule has 0 amide bonds. The summed E-state index contributed by atoms with van der Waals surface area (Å²) in [5.74, 6) is -0.0641. The predicted molar refractivity (Wildman–Crippen MR) is 77.4 cm³/mol. The molecule has 0 bridgehead atoms. The van der Waals surface area contributed by atoms with Crippen molar-refractivity contribution in [2.24, 2.45) is 0 Å². The molecular formula is C15H14O5S. The molecule has 0 radical (unpaired) electrons. The molecule has 2 aromatic rings. The highest BCUT2D eigenvalue weighted by Gasteiger charge is 2.10. The van der Waals surface area contributed by atoms with Gasteiger partial charge >= 0.3 is 5.97 Å². The van der Waals surface area contributed by atoms with Gasteiger partial charge in [0.25, 0.3) is 0 Å². The number of rotatable bonds is 5. The smallest absolute Gasteiger partial charge is 0.307 e. The fourth-order valence-electron chi connectivity index (χ4n) is 1.79. The van der Waals surface area contributed by atoms with Crippen molar-refractivity contribution in [3.63, 3.8) is 0 Å². The van der Waals surface area contributed by atoms with Gasteiger partial charge in [0, 0.05) is 11.8 Å². The first kappa shape index (κ1) is 15.1. The Morgan fingerprint density at radius 3 is 2.29 bits per heavy atom. The van der Waals surface area contributed by atoms with E-state index in [4.69, 9.17) is 9.84 Å². The summed E-state index contributed by atoms with van der Waals surface area (Å²) in [6, 6.07) is 12.8. The Hall–Kier alpha value is -2.34. The second-order valence-corrected chi connectivity index (χ2v) is 6.54. The minimum atomic E-state index is -3.25. The van der Waals surface area contributed by atoms with Crippen molar-refractivity contribution in [2.75, 3.05) is 6.26 Å². The Kier molecular flexibility index (Phi) is 4.28. The van der Waals surface area contributed by atoms with Gasteiger partial charge in [-0.25, -0.2) is 8.42 Å². The first-order valence-electron chi connectivity index (χ1n) is 6.14. The molecule has 0 saturated heterocycles. The van der Waals surface area contributed by atoms with E-state index in [9.17, 15) is 13.2 Å². The fourth-order valence-corrected chi connectivity index (χ4v) is 2.42. The summed E-state index contributed by atoms with van der Waals surface area (Å²) in [5, 5.41) is 8.86. The molecule has 5 nitrogen and oxygen atoms in total. The minimum Gasteiger partial charge on any atom is -0.481 e. The van der Waals surface area contributed by atoms with Crippen LogP contribution < -0.4 is 4.74 Å². The molecule has 1 N–H and O–H groups in total. The SMILES string of the molecule is CS(=O)(=O)c1ccc(Oc2ccccc2CC(=O)O)cc1. The maximum Gasteiger partial charge on any atom is 0.307 e. The van der Waals surface area contributed by atoms with Crippen LogP contribution in [0.2, 0.25) is 0 Å². The van der Waals surface area contributed by atoms with Gasteiger partial charge in [-0.2, -0.15) is 0 Å². The number of benzene rings is 2. The zero-order valence-corrected chi connectivity index (χ0v) is 12.1. The van der Waals surface area contributed by atoms with Crippen LogP contribution >= 0.6 is 0 Å². The van der Waals surface area contributed by atoms with Gasteiger partial charge in [0.05, 0.1) is 11.3 Å². The first-order chi connectivity index (χ1) is 9.86. The summed E-state index contributed by atoms with van der Waals surface area (Å²) >= 11 is 0. The fraction of sp³-hybridized carbons (Fsp3) is 0.133. The van der Waals surface area contributed by atoms with Gasteiger partial charge in [-0.05, 0) is 30.3 Å². The van der Waals surface area contributed by atoms with E-state index < -0.39 is 15.8 Å². The van der Waals surface area contributed by atoms with E-state index in [0.29, 0.717) is 17.1 Å². The summed E-state index contributed by atoms with van der Waals surface area (Å²) in [5.41, 5.74) is 0.553. The molecule has 0 aromatic heterocycles. The van der Waals surface area contributed by atoms with Crippen LogP contribution in [0, 0.1) is 0 Å². The normalized spacial score (nSPS) is 11.1. The van der Waals surface area contributed by atoms with Gasteiger partial charge in [-0.3, -0.25) is 4.79 Å². The van der Waals surface area contributed by atoms with E-state index in [1.165, 1.54) is 24.3 Å². The Morgan fingerprint density at radius 1 is 1.10 bits per heavy atom. The summed E-state index contributed by atoms with van der Waals surface area (Å²) < 4.78 is 28.4. The lowest BCUT2D eigenvalue weighted by Crippen LogP contribution is -2.02. The number of aliphatic carboxylic acids is 1. The molecule has 2 aromatic carbocycles. The van der Waals surface area contributed by atoms with Crippen molar-refractivity contribution in [3.05, 3.63) is 54.1 Å². The van der Waals surface area contributed by atoms with E-state index in [1.54, 1.807) is 24.3 Å². The molecule has 6 heteroatoms. The Morgan fingerprint density at radius 2 is 1.71 bits per heavy atom. The number of hydrogen-bond acceptors (Lipinski definition) is 4. The Labute approximate surface area is 122 Å². The van der Waals surface area contributed by atoms with Gasteiger partial charge < -0.3 is 9.84 Å². The maximum atomic E-state index is 11.4. The highest BCUT2D eigenvalue weighted by atomic mass is 32.2. The number of ether oxygens (including phenoxy) is 1. The van der Waals surface area contributed by atoms with Crippen molar-refractivity contribution < 1.29 is 23.1 Å². The van der Waals surface area contributed by atoms with Crippen molar-refractivity contribution in [3.8, 4) is 11.5 Å². The topological polar surface area (TPSA) is 80.7 Å². The monoisotopic (exact) mass is 306 g/mol. The highest BCUT2D eigenvalue weighted by Crippen LogP contribution is 2.26. The molecule has 0 aliphatic heterocycles. The van der Waals surface area contributed by atoms with Crippen LogP contribution in [0.5, 0.6) is 11.5 Å². The number of carboxylic acids is 1. The molecule has 0 spiro atoms. The molecule has 0 unspecified atom stereocenters. The third-order valence-electron chi connectivity index (χ3n) is 2.79. The average Bonchev–Trinajstić information content (AvgIpc) is 2.40. The summed E-state index contributed by atoms with van der Waals surface area (Å²) in [7, 11) is -3.25. The molecular weight excluding hydrogens is 292 g/mol. The van der Waals surface area contributed by atoms with Crippen molar-refractivity contribution in [1.29, 1.82) is 0 Å². The molecule has 0 heterocycles.